The fraction of sp³-hybridized carbons (Fsp3) is 0.667. The molecule has 0 aliphatic heterocycles. The monoisotopic (exact) mass is 192 g/mol. The number of thiocarbonyl (C=S) groups is 1. The molecule has 1 N–H and O–H groups in total. The fourth-order valence-electron chi connectivity index (χ4n) is 0.329. The summed E-state index contributed by atoms with van der Waals surface area (Å²) in [5.74, 6) is 0.396. The van der Waals surface area contributed by atoms with Crippen molar-refractivity contribution in [3.8, 4) is 0 Å². The third-order valence-corrected chi connectivity index (χ3v) is 2.71. The first kappa shape index (κ1) is 10.7. The van der Waals surface area contributed by atoms with Gasteiger partial charge in [-0.05, 0) is 0 Å². The van der Waals surface area contributed by atoms with Crippen molar-refractivity contribution in [1.29, 1.82) is 0 Å². The first-order valence-corrected chi connectivity index (χ1v) is 4.52. The highest BCUT2D eigenvalue weighted by atomic mass is 32.2. The third kappa shape index (κ3) is 5.03. The standard InChI is InChI=1S/C6H12N2OS2/c1-7-5(9)4-11-6(10)8(2)3/h4H2,1-3H3,(H,7,9). The summed E-state index contributed by atoms with van der Waals surface area (Å²) in [5.41, 5.74) is 0. The summed E-state index contributed by atoms with van der Waals surface area (Å²) in [5, 5.41) is 2.52. The normalized spacial score (nSPS) is 9.00. The predicted octanol–water partition coefficient (Wildman–Crippen LogP) is 0.312. The molecule has 0 saturated carbocycles. The van der Waals surface area contributed by atoms with Crippen molar-refractivity contribution in [3.05, 3.63) is 0 Å². The first-order valence-electron chi connectivity index (χ1n) is 3.12. The summed E-state index contributed by atoms with van der Waals surface area (Å²) in [6.45, 7) is 0. The second kappa shape index (κ2) is 5.37. The molecule has 0 aliphatic rings. The molecule has 0 atom stereocenters. The van der Waals surface area contributed by atoms with Crippen LogP contribution in [0.4, 0.5) is 0 Å². The minimum atomic E-state index is -0.000741. The van der Waals surface area contributed by atoms with Crippen molar-refractivity contribution in [2.45, 2.75) is 0 Å². The second-order valence-electron chi connectivity index (χ2n) is 2.12. The van der Waals surface area contributed by atoms with E-state index in [1.54, 1.807) is 7.05 Å². The highest BCUT2D eigenvalue weighted by Gasteiger charge is 2.03. The molecule has 0 aromatic heterocycles. The lowest BCUT2D eigenvalue weighted by Gasteiger charge is -2.11. The zero-order valence-corrected chi connectivity index (χ0v) is 8.51. The Labute approximate surface area is 76.5 Å². The van der Waals surface area contributed by atoms with E-state index in [1.165, 1.54) is 11.8 Å². The smallest absolute Gasteiger partial charge is 0.230 e. The lowest BCUT2D eigenvalue weighted by Crippen LogP contribution is -2.23. The Balaban J connectivity index is 3.54. The zero-order chi connectivity index (χ0) is 8.85. The van der Waals surface area contributed by atoms with Crippen LogP contribution >= 0.6 is 24.0 Å². The van der Waals surface area contributed by atoms with Gasteiger partial charge in [-0.1, -0.05) is 24.0 Å². The van der Waals surface area contributed by atoms with Crippen LogP contribution in [0.5, 0.6) is 0 Å². The average Bonchev–Trinajstić information content (AvgIpc) is 1.99. The molecular weight excluding hydrogens is 180 g/mol. The fourth-order valence-corrected chi connectivity index (χ4v) is 1.16. The van der Waals surface area contributed by atoms with Gasteiger partial charge in [-0.3, -0.25) is 4.79 Å². The molecule has 0 aliphatic carbocycles. The van der Waals surface area contributed by atoms with Crippen LogP contribution in [0.25, 0.3) is 0 Å². The van der Waals surface area contributed by atoms with Crippen LogP contribution in [-0.4, -0.2) is 42.0 Å². The maximum absolute atomic E-state index is 10.7. The van der Waals surface area contributed by atoms with Crippen LogP contribution < -0.4 is 5.32 Å². The van der Waals surface area contributed by atoms with E-state index in [0.717, 1.165) is 4.32 Å². The Hall–Kier alpha value is -0.290. The van der Waals surface area contributed by atoms with Gasteiger partial charge in [0.25, 0.3) is 0 Å². The largest absolute Gasteiger partial charge is 0.364 e. The molecule has 0 radical (unpaired) electrons. The van der Waals surface area contributed by atoms with E-state index < -0.39 is 0 Å². The molecular formula is C6H12N2OS2. The van der Waals surface area contributed by atoms with Crippen LogP contribution in [0.15, 0.2) is 0 Å². The van der Waals surface area contributed by atoms with Crippen LogP contribution in [0.3, 0.4) is 0 Å². The number of thioether (sulfide) groups is 1. The third-order valence-electron chi connectivity index (χ3n) is 0.971. The lowest BCUT2D eigenvalue weighted by molar-refractivity contribution is -0.118. The highest BCUT2D eigenvalue weighted by Crippen LogP contribution is 2.04. The topological polar surface area (TPSA) is 32.3 Å². The molecule has 5 heteroatoms. The van der Waals surface area contributed by atoms with Gasteiger partial charge in [-0.2, -0.15) is 0 Å². The van der Waals surface area contributed by atoms with E-state index >= 15 is 0 Å². The van der Waals surface area contributed by atoms with Crippen LogP contribution in [0.1, 0.15) is 0 Å². The summed E-state index contributed by atoms with van der Waals surface area (Å²) in [4.78, 5) is 12.5. The van der Waals surface area contributed by atoms with E-state index in [4.69, 9.17) is 12.2 Å². The van der Waals surface area contributed by atoms with Gasteiger partial charge in [0.2, 0.25) is 5.91 Å². The van der Waals surface area contributed by atoms with Gasteiger partial charge in [-0.15, -0.1) is 0 Å². The van der Waals surface area contributed by atoms with Gasteiger partial charge < -0.3 is 10.2 Å². The number of nitrogens with zero attached hydrogens (tertiary/aromatic N) is 1. The number of hydrogen-bond acceptors (Lipinski definition) is 3. The van der Waals surface area contributed by atoms with Gasteiger partial charge >= 0.3 is 0 Å². The summed E-state index contributed by atoms with van der Waals surface area (Å²) < 4.78 is 0.730. The van der Waals surface area contributed by atoms with Crippen molar-refractivity contribution in [2.75, 3.05) is 26.9 Å². The van der Waals surface area contributed by atoms with Crippen molar-refractivity contribution in [2.24, 2.45) is 0 Å². The van der Waals surface area contributed by atoms with Crippen LogP contribution in [0.2, 0.25) is 0 Å². The molecule has 3 nitrogen and oxygen atoms in total. The quantitative estimate of drug-likeness (QED) is 0.638. The molecule has 0 rings (SSSR count). The molecule has 0 fully saturated rings. The molecule has 1 amide bonds. The number of carbonyl (C=O) groups excluding carboxylic acids is 1. The number of rotatable bonds is 2. The van der Waals surface area contributed by atoms with Gasteiger partial charge in [0.15, 0.2) is 0 Å². The SMILES string of the molecule is CNC(=O)CSC(=S)N(C)C. The maximum atomic E-state index is 10.7. The highest BCUT2D eigenvalue weighted by molar-refractivity contribution is 8.23. The van der Waals surface area contributed by atoms with Gasteiger partial charge in [0.05, 0.1) is 5.75 Å². The molecule has 0 saturated heterocycles. The van der Waals surface area contributed by atoms with Crippen molar-refractivity contribution >= 4 is 34.2 Å². The second-order valence-corrected chi connectivity index (χ2v) is 3.73. The summed E-state index contributed by atoms with van der Waals surface area (Å²) >= 11 is 6.32. The molecule has 0 bridgehead atoms. The van der Waals surface area contributed by atoms with E-state index in [9.17, 15) is 4.79 Å². The van der Waals surface area contributed by atoms with Crippen molar-refractivity contribution in [3.63, 3.8) is 0 Å². The number of carbonyl (C=O) groups is 1. The molecule has 0 aromatic rings. The summed E-state index contributed by atoms with van der Waals surface area (Å²) in [7, 11) is 5.33. The average molecular weight is 192 g/mol. The lowest BCUT2D eigenvalue weighted by atomic mass is 10.7. The van der Waals surface area contributed by atoms with Crippen LogP contribution in [0, 0.1) is 0 Å². The zero-order valence-electron chi connectivity index (χ0n) is 6.88. The Kier molecular flexibility index (Phi) is 5.23. The molecule has 0 spiro atoms. The minimum absolute atomic E-state index is 0.000741. The Morgan fingerprint density at radius 3 is 2.55 bits per heavy atom. The molecule has 0 unspecified atom stereocenters. The van der Waals surface area contributed by atoms with E-state index in [-0.39, 0.29) is 5.91 Å². The van der Waals surface area contributed by atoms with Gasteiger partial charge in [-0.25, -0.2) is 0 Å². The summed E-state index contributed by atoms with van der Waals surface area (Å²) in [6, 6.07) is 0. The van der Waals surface area contributed by atoms with E-state index in [0.29, 0.717) is 5.75 Å². The minimum Gasteiger partial charge on any atom is -0.364 e. The Bertz CT molecular complexity index is 159. The van der Waals surface area contributed by atoms with E-state index in [2.05, 4.69) is 5.32 Å². The number of hydrogen-bond donors (Lipinski definition) is 1. The molecule has 64 valence electrons. The Morgan fingerprint density at radius 2 is 2.18 bits per heavy atom. The predicted molar refractivity (Wildman–Crippen MR) is 52.8 cm³/mol. The summed E-state index contributed by atoms with van der Waals surface area (Å²) in [6.07, 6.45) is 0. The van der Waals surface area contributed by atoms with Crippen LogP contribution in [-0.2, 0) is 4.79 Å². The molecule has 0 heterocycles. The van der Waals surface area contributed by atoms with Gasteiger partial charge in [0.1, 0.15) is 4.32 Å². The van der Waals surface area contributed by atoms with Crippen molar-refractivity contribution < 1.29 is 4.79 Å². The number of amides is 1. The van der Waals surface area contributed by atoms with Gasteiger partial charge in [0, 0.05) is 21.1 Å². The van der Waals surface area contributed by atoms with E-state index in [1.807, 2.05) is 19.0 Å². The maximum Gasteiger partial charge on any atom is 0.230 e. The molecule has 11 heavy (non-hydrogen) atoms. The van der Waals surface area contributed by atoms with Crippen molar-refractivity contribution in [1.82, 2.24) is 10.2 Å². The first-order chi connectivity index (χ1) is 5.07. The number of nitrogens with one attached hydrogen (secondary N) is 1. The molecule has 0 aromatic carbocycles. The Morgan fingerprint density at radius 1 is 1.64 bits per heavy atom.